The van der Waals surface area contributed by atoms with E-state index in [0.29, 0.717) is 36.5 Å². The van der Waals surface area contributed by atoms with E-state index >= 15 is 0 Å². The lowest BCUT2D eigenvalue weighted by Crippen LogP contribution is -2.31. The van der Waals surface area contributed by atoms with Crippen LogP contribution in [0.25, 0.3) is 5.76 Å². The normalized spacial score (nSPS) is 16.6. The second kappa shape index (κ2) is 11.7. The van der Waals surface area contributed by atoms with Gasteiger partial charge >= 0.3 is 0 Å². The van der Waals surface area contributed by atoms with Crippen molar-refractivity contribution in [1.29, 1.82) is 0 Å². The molecule has 9 nitrogen and oxygen atoms in total. The predicted molar refractivity (Wildman–Crippen MR) is 141 cm³/mol. The molecule has 3 aromatic rings. The number of ketones is 1. The smallest absolute Gasteiger partial charge is 0.295 e. The molecule has 0 radical (unpaired) electrons. The molecule has 3 aromatic carbocycles. The molecule has 9 heteroatoms. The fourth-order valence-electron chi connectivity index (χ4n) is 4.41. The number of amides is 1. The van der Waals surface area contributed by atoms with Crippen LogP contribution in [0, 0.1) is 17.0 Å². The number of aryl methyl sites for hydroxylation is 1. The Balaban J connectivity index is 1.65. The standard InChI is InChI=1S/C29H28N2O7/c1-19-6-3-4-7-22(19)18-38-24-14-10-21(11-15-24)27(32)25-26(20-8-12-23(13-9-20)31(35)36)30(16-5-17-37-2)29(34)28(25)33/h3-4,6-15,26,32H,5,16-18H2,1-2H3. The minimum Gasteiger partial charge on any atom is -0.507 e. The van der Waals surface area contributed by atoms with Gasteiger partial charge in [0.2, 0.25) is 0 Å². The summed E-state index contributed by atoms with van der Waals surface area (Å²) in [6, 6.07) is 19.2. The van der Waals surface area contributed by atoms with E-state index < -0.39 is 22.7 Å². The second-order valence-electron chi connectivity index (χ2n) is 8.93. The van der Waals surface area contributed by atoms with Gasteiger partial charge in [-0.25, -0.2) is 0 Å². The molecule has 1 unspecified atom stereocenters. The molecular formula is C29H28N2O7. The maximum absolute atomic E-state index is 13.1. The fourth-order valence-corrected chi connectivity index (χ4v) is 4.41. The lowest BCUT2D eigenvalue weighted by atomic mass is 9.95. The van der Waals surface area contributed by atoms with Crippen LogP contribution in [0.15, 0.2) is 78.4 Å². The van der Waals surface area contributed by atoms with Gasteiger partial charge in [-0.2, -0.15) is 0 Å². The molecule has 1 fully saturated rings. The molecule has 1 heterocycles. The van der Waals surface area contributed by atoms with Crippen LogP contribution in [-0.2, 0) is 20.9 Å². The van der Waals surface area contributed by atoms with Crippen LogP contribution in [0.3, 0.4) is 0 Å². The summed E-state index contributed by atoms with van der Waals surface area (Å²) in [4.78, 5) is 38.0. The van der Waals surface area contributed by atoms with Gasteiger partial charge in [0.1, 0.15) is 18.1 Å². The number of ether oxygens (including phenoxy) is 2. The largest absolute Gasteiger partial charge is 0.507 e. The second-order valence-corrected chi connectivity index (χ2v) is 8.93. The summed E-state index contributed by atoms with van der Waals surface area (Å²) in [5, 5.41) is 22.3. The Morgan fingerprint density at radius 1 is 1.03 bits per heavy atom. The van der Waals surface area contributed by atoms with Gasteiger partial charge in [0.25, 0.3) is 17.4 Å². The first-order valence-corrected chi connectivity index (χ1v) is 12.1. The third-order valence-corrected chi connectivity index (χ3v) is 6.49. The van der Waals surface area contributed by atoms with Crippen LogP contribution < -0.4 is 4.74 Å². The molecule has 4 rings (SSSR count). The summed E-state index contributed by atoms with van der Waals surface area (Å²) >= 11 is 0. The number of aliphatic hydroxyl groups excluding tert-OH is 1. The summed E-state index contributed by atoms with van der Waals surface area (Å²) in [6.45, 7) is 2.97. The number of rotatable bonds is 10. The van der Waals surface area contributed by atoms with Crippen LogP contribution in [0.4, 0.5) is 5.69 Å². The van der Waals surface area contributed by atoms with Gasteiger partial charge < -0.3 is 19.5 Å². The van der Waals surface area contributed by atoms with E-state index in [-0.39, 0.29) is 23.6 Å². The Bertz CT molecular complexity index is 1360. The summed E-state index contributed by atoms with van der Waals surface area (Å²) in [5.41, 5.74) is 2.79. The van der Waals surface area contributed by atoms with Crippen LogP contribution >= 0.6 is 0 Å². The lowest BCUT2D eigenvalue weighted by Gasteiger charge is -2.25. The quantitative estimate of drug-likeness (QED) is 0.101. The van der Waals surface area contributed by atoms with Crippen molar-refractivity contribution >= 4 is 23.1 Å². The fraction of sp³-hybridized carbons (Fsp3) is 0.241. The van der Waals surface area contributed by atoms with Crippen molar-refractivity contribution in [1.82, 2.24) is 4.90 Å². The van der Waals surface area contributed by atoms with Crippen molar-refractivity contribution in [3.05, 3.63) is 111 Å². The van der Waals surface area contributed by atoms with E-state index in [1.807, 2.05) is 31.2 Å². The number of carbonyl (C=O) groups is 2. The maximum Gasteiger partial charge on any atom is 0.295 e. The van der Waals surface area contributed by atoms with Crippen molar-refractivity contribution in [2.24, 2.45) is 0 Å². The number of Topliss-reactive ketones (excluding diaryl/α,β-unsaturated/α-hetero) is 1. The molecule has 0 aromatic heterocycles. The van der Waals surface area contributed by atoms with Gasteiger partial charge in [-0.15, -0.1) is 0 Å². The molecule has 196 valence electrons. The van der Waals surface area contributed by atoms with Gasteiger partial charge in [-0.05, 0) is 66.4 Å². The number of likely N-dealkylation sites (tertiary alicyclic amines) is 1. The summed E-state index contributed by atoms with van der Waals surface area (Å²) < 4.78 is 11.0. The molecule has 1 aliphatic rings. The molecule has 1 amide bonds. The van der Waals surface area contributed by atoms with Crippen LogP contribution in [0.1, 0.15) is 34.7 Å². The first-order chi connectivity index (χ1) is 18.3. The molecule has 38 heavy (non-hydrogen) atoms. The van der Waals surface area contributed by atoms with E-state index in [9.17, 15) is 24.8 Å². The SMILES string of the molecule is COCCCN1C(=O)C(=O)C(=C(O)c2ccc(OCc3ccccc3C)cc2)C1c1ccc([N+](=O)[O-])cc1. The topological polar surface area (TPSA) is 119 Å². The van der Waals surface area contributed by atoms with Crippen molar-refractivity contribution in [3.63, 3.8) is 0 Å². The van der Waals surface area contributed by atoms with Gasteiger partial charge in [0.05, 0.1) is 16.5 Å². The average Bonchev–Trinajstić information content (AvgIpc) is 3.18. The molecule has 0 aliphatic carbocycles. The number of hydrogen-bond acceptors (Lipinski definition) is 7. The van der Waals surface area contributed by atoms with Gasteiger partial charge in [-0.1, -0.05) is 24.3 Å². The molecule has 1 aliphatic heterocycles. The van der Waals surface area contributed by atoms with Crippen LogP contribution in [0.5, 0.6) is 5.75 Å². The van der Waals surface area contributed by atoms with E-state index in [0.717, 1.165) is 11.1 Å². The molecular weight excluding hydrogens is 488 g/mol. The highest BCUT2D eigenvalue weighted by Crippen LogP contribution is 2.40. The molecule has 0 spiro atoms. The number of hydrogen-bond donors (Lipinski definition) is 1. The Hall–Kier alpha value is -4.50. The zero-order chi connectivity index (χ0) is 27.2. The number of carbonyl (C=O) groups excluding carboxylic acids is 2. The summed E-state index contributed by atoms with van der Waals surface area (Å²) in [5.74, 6) is -1.31. The van der Waals surface area contributed by atoms with E-state index in [1.54, 1.807) is 24.3 Å². The van der Waals surface area contributed by atoms with Crippen molar-refractivity contribution in [2.75, 3.05) is 20.3 Å². The van der Waals surface area contributed by atoms with Crippen LogP contribution in [-0.4, -0.2) is 46.9 Å². The van der Waals surface area contributed by atoms with Gasteiger partial charge in [-0.3, -0.25) is 19.7 Å². The minimum atomic E-state index is -0.898. The first kappa shape index (κ1) is 26.6. The Morgan fingerprint density at radius 2 is 1.71 bits per heavy atom. The number of nitro groups is 1. The minimum absolute atomic E-state index is 0.0742. The Labute approximate surface area is 220 Å². The van der Waals surface area contributed by atoms with Gasteiger partial charge in [0.15, 0.2) is 0 Å². The van der Waals surface area contributed by atoms with Crippen molar-refractivity contribution in [2.45, 2.75) is 26.0 Å². The molecule has 1 N–H and O–H groups in total. The number of aliphatic hydroxyl groups is 1. The maximum atomic E-state index is 13.1. The molecule has 0 saturated carbocycles. The Morgan fingerprint density at radius 3 is 2.34 bits per heavy atom. The summed E-state index contributed by atoms with van der Waals surface area (Å²) in [7, 11) is 1.54. The molecule has 1 saturated heterocycles. The van der Waals surface area contributed by atoms with E-state index in [2.05, 4.69) is 0 Å². The zero-order valence-electron chi connectivity index (χ0n) is 21.1. The molecule has 0 bridgehead atoms. The highest BCUT2D eigenvalue weighted by Gasteiger charge is 2.45. The highest BCUT2D eigenvalue weighted by atomic mass is 16.6. The number of benzene rings is 3. The zero-order valence-corrected chi connectivity index (χ0v) is 21.1. The number of nitro benzene ring substituents is 1. The average molecular weight is 517 g/mol. The van der Waals surface area contributed by atoms with Gasteiger partial charge in [0, 0.05) is 38.0 Å². The first-order valence-electron chi connectivity index (χ1n) is 12.1. The van der Waals surface area contributed by atoms with Crippen molar-refractivity contribution < 1.29 is 29.1 Å². The number of nitrogens with zero attached hydrogens (tertiary/aromatic N) is 2. The third kappa shape index (κ3) is 5.57. The van der Waals surface area contributed by atoms with E-state index in [1.165, 1.54) is 36.3 Å². The highest BCUT2D eigenvalue weighted by molar-refractivity contribution is 6.46. The number of methoxy groups -OCH3 is 1. The number of non-ortho nitro benzene ring substituents is 1. The monoisotopic (exact) mass is 516 g/mol. The van der Waals surface area contributed by atoms with Crippen LogP contribution in [0.2, 0.25) is 0 Å². The third-order valence-electron chi connectivity index (χ3n) is 6.49. The van der Waals surface area contributed by atoms with E-state index in [4.69, 9.17) is 9.47 Å². The molecule has 1 atom stereocenters. The Kier molecular flexibility index (Phi) is 8.18. The lowest BCUT2D eigenvalue weighted by molar-refractivity contribution is -0.384. The predicted octanol–water partition coefficient (Wildman–Crippen LogP) is 4.94. The van der Waals surface area contributed by atoms with Crippen molar-refractivity contribution in [3.8, 4) is 5.75 Å². The summed E-state index contributed by atoms with van der Waals surface area (Å²) in [6.07, 6.45) is 0.472.